The van der Waals surface area contributed by atoms with Crippen LogP contribution in [0.2, 0.25) is 0 Å². The normalized spacial score (nSPS) is 12.2. The Morgan fingerprint density at radius 2 is 2.08 bits per heavy atom. The minimum absolute atomic E-state index is 0. The third-order valence-electron chi connectivity index (χ3n) is 2.99. The van der Waals surface area contributed by atoms with Crippen LogP contribution in [-0.2, 0) is 17.3 Å². The van der Waals surface area contributed by atoms with Crippen LogP contribution in [0, 0.1) is 5.92 Å². The Kier molecular flexibility index (Phi) is 13.2. The van der Waals surface area contributed by atoms with Crippen LogP contribution in [0.1, 0.15) is 37.9 Å². The molecule has 0 bridgehead atoms. The molecule has 5 nitrogen and oxygen atoms in total. The lowest BCUT2D eigenvalue weighted by atomic mass is 10.2. The molecule has 0 atom stereocenters. The summed E-state index contributed by atoms with van der Waals surface area (Å²) >= 11 is 1.02. The molecule has 1 aromatic heterocycles. The fourth-order valence-corrected chi connectivity index (χ4v) is 2.67. The van der Waals surface area contributed by atoms with E-state index in [2.05, 4.69) is 34.5 Å². The Bertz CT molecular complexity index is 524. The highest BCUT2D eigenvalue weighted by atomic mass is 127. The summed E-state index contributed by atoms with van der Waals surface area (Å²) in [6, 6.07) is 0. The number of nitrogens with one attached hydrogen (secondary N) is 2. The fourth-order valence-electron chi connectivity index (χ4n) is 1.86. The van der Waals surface area contributed by atoms with Crippen molar-refractivity contribution in [2.24, 2.45) is 10.9 Å². The summed E-state index contributed by atoms with van der Waals surface area (Å²) in [5.74, 6) is 1.17. The van der Waals surface area contributed by atoms with E-state index in [0.717, 1.165) is 29.7 Å². The van der Waals surface area contributed by atoms with Crippen LogP contribution in [0.15, 0.2) is 10.4 Å². The van der Waals surface area contributed by atoms with Crippen molar-refractivity contribution in [2.75, 3.05) is 32.8 Å². The summed E-state index contributed by atoms with van der Waals surface area (Å²) < 4.78 is 43.0. The summed E-state index contributed by atoms with van der Waals surface area (Å²) in [6.07, 6.45) is -3.14. The molecule has 0 saturated heterocycles. The lowest BCUT2D eigenvalue weighted by Crippen LogP contribution is -2.38. The number of thiazole rings is 1. The van der Waals surface area contributed by atoms with Crippen molar-refractivity contribution in [1.82, 2.24) is 15.6 Å². The largest absolute Gasteiger partial charge is 0.434 e. The molecule has 1 heterocycles. The second-order valence-electron chi connectivity index (χ2n) is 5.88. The second-order valence-corrected chi connectivity index (χ2v) is 6.83. The van der Waals surface area contributed by atoms with Crippen molar-refractivity contribution >= 4 is 41.3 Å². The SMILES string of the molecule is CCNC(=NCCCOCC(C)C)NCCc1nc(C(F)(F)F)cs1.I. The van der Waals surface area contributed by atoms with Crippen LogP contribution < -0.4 is 10.6 Å². The molecule has 0 aliphatic carbocycles. The van der Waals surface area contributed by atoms with Gasteiger partial charge in [-0.2, -0.15) is 13.2 Å². The van der Waals surface area contributed by atoms with E-state index in [0.29, 0.717) is 49.5 Å². The number of nitrogens with zero attached hydrogens (tertiary/aromatic N) is 2. The molecule has 0 spiro atoms. The highest BCUT2D eigenvalue weighted by molar-refractivity contribution is 14.0. The molecule has 0 amide bonds. The third kappa shape index (κ3) is 11.2. The molecule has 26 heavy (non-hydrogen) atoms. The van der Waals surface area contributed by atoms with Gasteiger partial charge in [-0.15, -0.1) is 35.3 Å². The van der Waals surface area contributed by atoms with Crippen molar-refractivity contribution in [3.63, 3.8) is 0 Å². The molecule has 2 N–H and O–H groups in total. The Labute approximate surface area is 174 Å². The van der Waals surface area contributed by atoms with Crippen LogP contribution in [0.25, 0.3) is 0 Å². The maximum atomic E-state index is 12.5. The highest BCUT2D eigenvalue weighted by Gasteiger charge is 2.33. The minimum Gasteiger partial charge on any atom is -0.381 e. The molecule has 0 saturated carbocycles. The predicted octanol–water partition coefficient (Wildman–Crippen LogP) is 3.94. The molecule has 0 aliphatic rings. The Morgan fingerprint density at radius 3 is 2.65 bits per heavy atom. The maximum Gasteiger partial charge on any atom is 0.434 e. The van der Waals surface area contributed by atoms with E-state index in [1.165, 1.54) is 0 Å². The average Bonchev–Trinajstić information content (AvgIpc) is 2.99. The van der Waals surface area contributed by atoms with Crippen LogP contribution in [0.4, 0.5) is 13.2 Å². The van der Waals surface area contributed by atoms with Crippen LogP contribution in [0.5, 0.6) is 0 Å². The Hall–Kier alpha value is -0.620. The van der Waals surface area contributed by atoms with Gasteiger partial charge in [-0.25, -0.2) is 4.98 Å². The van der Waals surface area contributed by atoms with E-state index >= 15 is 0 Å². The summed E-state index contributed by atoms with van der Waals surface area (Å²) in [4.78, 5) is 8.03. The van der Waals surface area contributed by atoms with Gasteiger partial charge in [-0.3, -0.25) is 4.99 Å². The monoisotopic (exact) mass is 508 g/mol. The zero-order chi connectivity index (χ0) is 18.7. The average molecular weight is 508 g/mol. The number of alkyl halides is 3. The van der Waals surface area contributed by atoms with E-state index in [-0.39, 0.29) is 24.0 Å². The smallest absolute Gasteiger partial charge is 0.381 e. The van der Waals surface area contributed by atoms with Gasteiger partial charge < -0.3 is 15.4 Å². The molecule has 0 radical (unpaired) electrons. The van der Waals surface area contributed by atoms with Crippen molar-refractivity contribution in [2.45, 2.75) is 39.8 Å². The number of aliphatic imine (C=N–C) groups is 1. The number of hydrogen-bond donors (Lipinski definition) is 2. The van der Waals surface area contributed by atoms with Crippen LogP contribution in [-0.4, -0.2) is 43.8 Å². The molecular weight excluding hydrogens is 480 g/mol. The number of hydrogen-bond acceptors (Lipinski definition) is 4. The second kappa shape index (κ2) is 13.5. The fraction of sp³-hybridized carbons (Fsp3) is 0.750. The van der Waals surface area contributed by atoms with E-state index in [4.69, 9.17) is 4.74 Å². The van der Waals surface area contributed by atoms with E-state index in [9.17, 15) is 13.2 Å². The summed E-state index contributed by atoms with van der Waals surface area (Å²) in [5, 5.41) is 7.72. The van der Waals surface area contributed by atoms with Gasteiger partial charge in [0.05, 0.1) is 5.01 Å². The Morgan fingerprint density at radius 1 is 1.35 bits per heavy atom. The minimum atomic E-state index is -4.38. The van der Waals surface area contributed by atoms with Crippen LogP contribution in [0.3, 0.4) is 0 Å². The molecular formula is C16H28F3IN4OS. The van der Waals surface area contributed by atoms with Gasteiger partial charge in [0.2, 0.25) is 0 Å². The molecule has 0 fully saturated rings. The summed E-state index contributed by atoms with van der Waals surface area (Å²) in [6.45, 7) is 9.39. The molecule has 0 aromatic carbocycles. The zero-order valence-corrected chi connectivity index (χ0v) is 18.5. The van der Waals surface area contributed by atoms with Crippen molar-refractivity contribution in [1.29, 1.82) is 0 Å². The van der Waals surface area contributed by atoms with Gasteiger partial charge in [0.15, 0.2) is 11.7 Å². The maximum absolute atomic E-state index is 12.5. The molecule has 10 heteroatoms. The number of guanidine groups is 1. The highest BCUT2D eigenvalue weighted by Crippen LogP contribution is 2.29. The van der Waals surface area contributed by atoms with Crippen LogP contribution >= 0.6 is 35.3 Å². The van der Waals surface area contributed by atoms with Gasteiger partial charge in [-0.05, 0) is 19.3 Å². The first kappa shape index (κ1) is 25.4. The first-order valence-electron chi connectivity index (χ1n) is 8.44. The lowest BCUT2D eigenvalue weighted by molar-refractivity contribution is -0.140. The molecule has 1 aromatic rings. The van der Waals surface area contributed by atoms with Gasteiger partial charge >= 0.3 is 6.18 Å². The first-order chi connectivity index (χ1) is 11.8. The standard InChI is InChI=1S/C16H27F3N4OS.HI/c1-4-20-15(21-7-5-9-24-10-12(2)3)22-8-6-14-23-13(11-25-14)16(17,18)19;/h11-12H,4-10H2,1-3H3,(H2,20,21,22);1H. The zero-order valence-electron chi connectivity index (χ0n) is 15.4. The van der Waals surface area contributed by atoms with Crippen molar-refractivity contribution in [3.05, 3.63) is 16.1 Å². The summed E-state index contributed by atoms with van der Waals surface area (Å²) in [5.41, 5.74) is -0.825. The molecule has 1 rings (SSSR count). The topological polar surface area (TPSA) is 58.5 Å². The molecule has 0 aliphatic heterocycles. The van der Waals surface area contributed by atoms with Gasteiger partial charge in [-0.1, -0.05) is 13.8 Å². The van der Waals surface area contributed by atoms with Gasteiger partial charge in [0.1, 0.15) is 0 Å². The van der Waals surface area contributed by atoms with E-state index in [1.807, 2.05) is 6.92 Å². The third-order valence-corrected chi connectivity index (χ3v) is 3.89. The number of ether oxygens (including phenoxy) is 1. The number of halogens is 4. The first-order valence-corrected chi connectivity index (χ1v) is 9.32. The number of rotatable bonds is 10. The lowest BCUT2D eigenvalue weighted by Gasteiger charge is -2.11. The molecule has 0 unspecified atom stereocenters. The van der Waals surface area contributed by atoms with Gasteiger partial charge in [0, 0.05) is 44.6 Å². The predicted molar refractivity (Wildman–Crippen MR) is 110 cm³/mol. The summed E-state index contributed by atoms with van der Waals surface area (Å²) in [7, 11) is 0. The molecule has 152 valence electrons. The van der Waals surface area contributed by atoms with E-state index in [1.54, 1.807) is 0 Å². The quantitative estimate of drug-likeness (QED) is 0.218. The van der Waals surface area contributed by atoms with Crippen molar-refractivity contribution in [3.8, 4) is 0 Å². The van der Waals surface area contributed by atoms with Crippen molar-refractivity contribution < 1.29 is 17.9 Å². The van der Waals surface area contributed by atoms with Gasteiger partial charge in [0.25, 0.3) is 0 Å². The van der Waals surface area contributed by atoms with E-state index < -0.39 is 11.9 Å². The Balaban J connectivity index is 0.00000625. The number of aromatic nitrogens is 1.